The van der Waals surface area contributed by atoms with Gasteiger partial charge in [0, 0.05) is 29.6 Å². The van der Waals surface area contributed by atoms with Gasteiger partial charge in [-0.3, -0.25) is 19.7 Å². The zero-order valence-electron chi connectivity index (χ0n) is 18.2. The fourth-order valence-corrected chi connectivity index (χ4v) is 4.21. The molecule has 1 heterocycles. The highest BCUT2D eigenvalue weighted by molar-refractivity contribution is 6.28. The minimum atomic E-state index is -0.578. The molecule has 1 aliphatic carbocycles. The van der Waals surface area contributed by atoms with Crippen LogP contribution in [0.4, 0.5) is 5.69 Å². The molecule has 0 saturated heterocycles. The van der Waals surface area contributed by atoms with Gasteiger partial charge in [-0.1, -0.05) is 0 Å². The van der Waals surface area contributed by atoms with Crippen LogP contribution in [0.1, 0.15) is 22.3 Å². The van der Waals surface area contributed by atoms with Gasteiger partial charge in [0.2, 0.25) is 5.75 Å². The van der Waals surface area contributed by atoms with E-state index in [0.29, 0.717) is 40.9 Å². The number of aromatic nitrogens is 1. The van der Waals surface area contributed by atoms with E-state index < -0.39 is 10.5 Å². The quantitative estimate of drug-likeness (QED) is 0.318. The lowest BCUT2D eigenvalue weighted by Gasteiger charge is -2.18. The lowest BCUT2D eigenvalue weighted by Crippen LogP contribution is -2.24. The van der Waals surface area contributed by atoms with Gasteiger partial charge in [-0.25, -0.2) is 0 Å². The van der Waals surface area contributed by atoms with Crippen LogP contribution in [-0.2, 0) is 6.54 Å². The third-order valence-electron chi connectivity index (χ3n) is 5.59. The number of hydrogen-bond donors (Lipinski definition) is 1. The van der Waals surface area contributed by atoms with Gasteiger partial charge in [-0.15, -0.1) is 12.4 Å². The molecule has 11 heteroatoms. The summed E-state index contributed by atoms with van der Waals surface area (Å²) in [5.41, 5.74) is 6.35. The summed E-state index contributed by atoms with van der Waals surface area (Å²) in [6.07, 6.45) is 0.464. The molecule has 0 saturated carbocycles. The highest BCUT2D eigenvalue weighted by atomic mass is 35.5. The first-order valence-corrected chi connectivity index (χ1v) is 9.82. The van der Waals surface area contributed by atoms with Gasteiger partial charge in [-0.2, -0.15) is 0 Å². The molecule has 4 rings (SSSR count). The number of ketones is 1. The number of benzene rings is 2. The average Bonchev–Trinajstić information content (AvgIpc) is 3.09. The summed E-state index contributed by atoms with van der Waals surface area (Å²) in [5.74, 6) is 0.516. The molecule has 10 nitrogen and oxygen atoms in total. The standard InChI is InChI=1S/C22H21N3O7.ClH/c1-30-15-10-14-17(21(32-3)20(15)31-2)18-16(19(14)26)12-6-5-11(25(28)29)9-13(12)22(27)24(18)8-4-7-23;/h5-6,9-10H,4,7-8,23H2,1-3H3;1H. The van der Waals surface area contributed by atoms with Crippen molar-refractivity contribution in [2.75, 3.05) is 27.9 Å². The van der Waals surface area contributed by atoms with Crippen LogP contribution >= 0.6 is 12.4 Å². The summed E-state index contributed by atoms with van der Waals surface area (Å²) in [7, 11) is 4.33. The molecule has 0 aliphatic heterocycles. The maximum atomic E-state index is 13.6. The van der Waals surface area contributed by atoms with Gasteiger partial charge in [0.15, 0.2) is 17.3 Å². The highest BCUT2D eigenvalue weighted by Gasteiger charge is 2.38. The number of hydrogen-bond acceptors (Lipinski definition) is 8. The molecule has 33 heavy (non-hydrogen) atoms. The normalized spacial score (nSPS) is 11.6. The predicted octanol–water partition coefficient (Wildman–Crippen LogP) is 2.92. The fraction of sp³-hybridized carbons (Fsp3) is 0.273. The van der Waals surface area contributed by atoms with Crippen LogP contribution in [0.3, 0.4) is 0 Å². The number of pyridine rings is 1. The number of carbonyl (C=O) groups excluding carboxylic acids is 1. The monoisotopic (exact) mass is 475 g/mol. The van der Waals surface area contributed by atoms with Crippen molar-refractivity contribution < 1.29 is 23.9 Å². The van der Waals surface area contributed by atoms with Crippen LogP contribution in [-0.4, -0.2) is 43.1 Å². The summed E-state index contributed by atoms with van der Waals surface area (Å²) < 4.78 is 17.9. The van der Waals surface area contributed by atoms with Crippen molar-refractivity contribution >= 4 is 34.7 Å². The molecule has 0 radical (unpaired) electrons. The molecule has 0 unspecified atom stereocenters. The Morgan fingerprint density at radius 3 is 2.27 bits per heavy atom. The molecular weight excluding hydrogens is 454 g/mol. The van der Waals surface area contributed by atoms with Crippen LogP contribution in [0.2, 0.25) is 0 Å². The number of nitrogens with zero attached hydrogens (tertiary/aromatic N) is 2. The number of nitro benzene ring substituents is 1. The van der Waals surface area contributed by atoms with Gasteiger partial charge in [0.05, 0.1) is 48.5 Å². The third kappa shape index (κ3) is 3.47. The number of fused-ring (bicyclic) bond motifs is 5. The van der Waals surface area contributed by atoms with Crippen LogP contribution < -0.4 is 25.5 Å². The maximum absolute atomic E-state index is 13.6. The van der Waals surface area contributed by atoms with Gasteiger partial charge in [0.25, 0.3) is 11.2 Å². The number of non-ortho nitro benzene ring substituents is 1. The van der Waals surface area contributed by atoms with Crippen molar-refractivity contribution in [3.05, 3.63) is 55.9 Å². The SMILES string of the molecule is COc1cc2c(c(OC)c1OC)-c1c(c3ccc([N+](=O)[O-])cc3c(=O)n1CCCN)C2=O.Cl. The van der Waals surface area contributed by atoms with Crippen molar-refractivity contribution in [3.8, 4) is 28.5 Å². The topological polar surface area (TPSA) is 136 Å². The fourth-order valence-electron chi connectivity index (χ4n) is 4.21. The summed E-state index contributed by atoms with van der Waals surface area (Å²) in [4.78, 5) is 37.7. The number of methoxy groups -OCH3 is 3. The maximum Gasteiger partial charge on any atom is 0.270 e. The summed E-state index contributed by atoms with van der Waals surface area (Å²) in [5, 5.41) is 11.7. The number of halogens is 1. The zero-order chi connectivity index (χ0) is 23.2. The number of ether oxygens (including phenoxy) is 3. The van der Waals surface area contributed by atoms with E-state index in [-0.39, 0.29) is 52.9 Å². The van der Waals surface area contributed by atoms with Gasteiger partial charge >= 0.3 is 0 Å². The molecule has 1 aliphatic rings. The van der Waals surface area contributed by atoms with Crippen LogP contribution in [0, 0.1) is 10.1 Å². The van der Waals surface area contributed by atoms with Crippen LogP contribution in [0.5, 0.6) is 17.2 Å². The Morgan fingerprint density at radius 2 is 1.70 bits per heavy atom. The van der Waals surface area contributed by atoms with Crippen LogP contribution in [0.25, 0.3) is 22.0 Å². The van der Waals surface area contributed by atoms with E-state index in [9.17, 15) is 19.7 Å². The van der Waals surface area contributed by atoms with E-state index >= 15 is 0 Å². The first-order chi connectivity index (χ1) is 15.4. The van der Waals surface area contributed by atoms with Gasteiger partial charge < -0.3 is 24.5 Å². The summed E-state index contributed by atoms with van der Waals surface area (Å²) >= 11 is 0. The van der Waals surface area contributed by atoms with Crippen LogP contribution in [0.15, 0.2) is 29.1 Å². The lowest BCUT2D eigenvalue weighted by molar-refractivity contribution is -0.384. The second-order valence-electron chi connectivity index (χ2n) is 7.21. The Bertz CT molecular complexity index is 1350. The van der Waals surface area contributed by atoms with E-state index in [1.165, 1.54) is 44.1 Å². The Labute approximate surface area is 194 Å². The molecule has 3 aromatic rings. The van der Waals surface area contributed by atoms with E-state index in [1.807, 2.05) is 0 Å². The van der Waals surface area contributed by atoms with E-state index in [0.717, 1.165) is 0 Å². The van der Waals surface area contributed by atoms with Crippen molar-refractivity contribution in [2.24, 2.45) is 5.73 Å². The Hall–Kier alpha value is -3.63. The number of nitro groups is 1. The molecule has 0 bridgehead atoms. The molecule has 0 fully saturated rings. The minimum absolute atomic E-state index is 0. The van der Waals surface area contributed by atoms with Crippen molar-refractivity contribution in [3.63, 3.8) is 0 Å². The first kappa shape index (κ1) is 24.0. The van der Waals surface area contributed by atoms with E-state index in [2.05, 4.69) is 0 Å². The minimum Gasteiger partial charge on any atom is -0.493 e. The zero-order valence-corrected chi connectivity index (χ0v) is 19.0. The second-order valence-corrected chi connectivity index (χ2v) is 7.21. The van der Waals surface area contributed by atoms with Gasteiger partial charge in [0.1, 0.15) is 0 Å². The van der Waals surface area contributed by atoms with Crippen molar-refractivity contribution in [1.29, 1.82) is 0 Å². The second kappa shape index (κ2) is 9.08. The molecule has 2 aromatic carbocycles. The van der Waals surface area contributed by atoms with E-state index in [4.69, 9.17) is 19.9 Å². The highest BCUT2D eigenvalue weighted by Crippen LogP contribution is 2.52. The number of nitrogens with two attached hydrogens (primary N) is 1. The molecule has 2 N–H and O–H groups in total. The summed E-state index contributed by atoms with van der Waals surface area (Å²) in [6, 6.07) is 5.46. The first-order valence-electron chi connectivity index (χ1n) is 9.82. The summed E-state index contributed by atoms with van der Waals surface area (Å²) in [6.45, 7) is 0.540. The largest absolute Gasteiger partial charge is 0.493 e. The Kier molecular flexibility index (Phi) is 6.61. The average molecular weight is 476 g/mol. The smallest absolute Gasteiger partial charge is 0.270 e. The molecule has 0 spiro atoms. The molecule has 1 aromatic heterocycles. The Morgan fingerprint density at radius 1 is 1.00 bits per heavy atom. The predicted molar refractivity (Wildman–Crippen MR) is 124 cm³/mol. The lowest BCUT2D eigenvalue weighted by atomic mass is 10.0. The van der Waals surface area contributed by atoms with E-state index in [1.54, 1.807) is 6.07 Å². The molecular formula is C22H22ClN3O7. The number of carbonyl (C=O) groups is 1. The van der Waals surface area contributed by atoms with Crippen molar-refractivity contribution in [2.45, 2.75) is 13.0 Å². The third-order valence-corrected chi connectivity index (χ3v) is 5.59. The molecule has 174 valence electrons. The van der Waals surface area contributed by atoms with Gasteiger partial charge in [-0.05, 0) is 25.1 Å². The molecule has 0 amide bonds. The number of rotatable bonds is 7. The van der Waals surface area contributed by atoms with Crippen molar-refractivity contribution in [1.82, 2.24) is 4.57 Å². The molecule has 0 atom stereocenters. The Balaban J connectivity index is 0.00000306.